The monoisotopic (exact) mass is 180 g/mol. The van der Waals surface area contributed by atoms with Crippen LogP contribution >= 0.6 is 0 Å². The van der Waals surface area contributed by atoms with Gasteiger partial charge >= 0.3 is 6.18 Å². The van der Waals surface area contributed by atoms with Crippen molar-refractivity contribution >= 4 is 0 Å². The van der Waals surface area contributed by atoms with Gasteiger partial charge in [-0.1, -0.05) is 26.3 Å². The highest BCUT2D eigenvalue weighted by Crippen LogP contribution is 2.26. The van der Waals surface area contributed by atoms with Crippen molar-refractivity contribution in [1.82, 2.24) is 0 Å². The Morgan fingerprint density at radius 2 is 1.92 bits per heavy atom. The van der Waals surface area contributed by atoms with Crippen molar-refractivity contribution in [2.75, 3.05) is 0 Å². The molecule has 72 valence electrons. The molecule has 0 nitrogen and oxygen atoms in total. The van der Waals surface area contributed by atoms with Crippen LogP contribution in [0.15, 0.2) is 11.6 Å². The van der Waals surface area contributed by atoms with Gasteiger partial charge in [-0.3, -0.25) is 0 Å². The van der Waals surface area contributed by atoms with Gasteiger partial charge in [-0.05, 0) is 19.3 Å². The van der Waals surface area contributed by atoms with Gasteiger partial charge in [0.2, 0.25) is 0 Å². The highest BCUT2D eigenvalue weighted by Gasteiger charge is 2.29. The number of allylic oxidation sites excluding steroid dienone is 2. The molecular formula is C9H15F3. The fourth-order valence-corrected chi connectivity index (χ4v) is 1.06. The SMILES string of the molecule is CCCC(C)C=C(C)C(F)(F)F. The van der Waals surface area contributed by atoms with E-state index < -0.39 is 11.7 Å². The van der Waals surface area contributed by atoms with E-state index in [1.54, 1.807) is 6.92 Å². The first kappa shape index (κ1) is 11.5. The lowest BCUT2D eigenvalue weighted by molar-refractivity contribution is -0.0918. The van der Waals surface area contributed by atoms with Crippen molar-refractivity contribution in [3.8, 4) is 0 Å². The standard InChI is InChI=1S/C9H15F3/c1-4-5-7(2)6-8(3)9(10,11)12/h6-7H,4-5H2,1-3H3. The van der Waals surface area contributed by atoms with E-state index in [0.717, 1.165) is 19.8 Å². The largest absolute Gasteiger partial charge is 0.412 e. The van der Waals surface area contributed by atoms with E-state index in [1.165, 1.54) is 6.08 Å². The highest BCUT2D eigenvalue weighted by molar-refractivity contribution is 5.06. The average Bonchev–Trinajstić information content (AvgIpc) is 1.85. The van der Waals surface area contributed by atoms with Crippen LogP contribution in [0, 0.1) is 5.92 Å². The molecule has 0 aromatic carbocycles. The van der Waals surface area contributed by atoms with Crippen molar-refractivity contribution in [2.45, 2.75) is 39.8 Å². The molecule has 3 heteroatoms. The Morgan fingerprint density at radius 1 is 1.42 bits per heavy atom. The number of alkyl halides is 3. The van der Waals surface area contributed by atoms with E-state index in [1.807, 2.05) is 6.92 Å². The zero-order valence-corrected chi connectivity index (χ0v) is 7.70. The quantitative estimate of drug-likeness (QED) is 0.577. The van der Waals surface area contributed by atoms with Gasteiger partial charge in [0, 0.05) is 5.57 Å². The smallest absolute Gasteiger partial charge is 0.167 e. The molecule has 0 N–H and O–H groups in total. The summed E-state index contributed by atoms with van der Waals surface area (Å²) in [5.41, 5.74) is -0.483. The van der Waals surface area contributed by atoms with E-state index in [0.29, 0.717) is 0 Å². The lowest BCUT2D eigenvalue weighted by Crippen LogP contribution is -2.10. The predicted octanol–water partition coefficient (Wildman–Crippen LogP) is 3.93. The van der Waals surface area contributed by atoms with E-state index in [2.05, 4.69) is 0 Å². The minimum Gasteiger partial charge on any atom is -0.167 e. The number of rotatable bonds is 3. The molecule has 0 spiro atoms. The molecule has 0 amide bonds. The molecule has 0 bridgehead atoms. The van der Waals surface area contributed by atoms with Crippen LogP contribution in [0.3, 0.4) is 0 Å². The number of hydrogen-bond acceptors (Lipinski definition) is 0. The van der Waals surface area contributed by atoms with Crippen molar-refractivity contribution in [3.05, 3.63) is 11.6 Å². The summed E-state index contributed by atoms with van der Waals surface area (Å²) >= 11 is 0. The lowest BCUT2D eigenvalue weighted by Gasteiger charge is -2.09. The zero-order chi connectivity index (χ0) is 9.78. The van der Waals surface area contributed by atoms with Crippen molar-refractivity contribution in [3.63, 3.8) is 0 Å². The summed E-state index contributed by atoms with van der Waals surface area (Å²) in [5.74, 6) is 0.0247. The summed E-state index contributed by atoms with van der Waals surface area (Å²) in [6.45, 7) is 4.89. The molecule has 1 atom stereocenters. The van der Waals surface area contributed by atoms with E-state index >= 15 is 0 Å². The molecule has 1 unspecified atom stereocenters. The average molecular weight is 180 g/mol. The fourth-order valence-electron chi connectivity index (χ4n) is 1.06. The second-order valence-corrected chi connectivity index (χ2v) is 3.11. The molecule has 0 rings (SSSR count). The molecular weight excluding hydrogens is 165 g/mol. The minimum atomic E-state index is -4.15. The maximum atomic E-state index is 12.0. The van der Waals surface area contributed by atoms with E-state index in [4.69, 9.17) is 0 Å². The van der Waals surface area contributed by atoms with Gasteiger partial charge in [0.25, 0.3) is 0 Å². The first-order valence-electron chi connectivity index (χ1n) is 4.13. The van der Waals surface area contributed by atoms with Crippen molar-refractivity contribution in [1.29, 1.82) is 0 Å². The first-order chi connectivity index (χ1) is 5.38. The third kappa shape index (κ3) is 4.42. The third-order valence-electron chi connectivity index (χ3n) is 1.73. The molecule has 0 aliphatic carbocycles. The zero-order valence-electron chi connectivity index (χ0n) is 7.70. The predicted molar refractivity (Wildman–Crippen MR) is 43.9 cm³/mol. The topological polar surface area (TPSA) is 0 Å². The summed E-state index contributed by atoms with van der Waals surface area (Å²) in [5, 5.41) is 0. The van der Waals surface area contributed by atoms with Crippen LogP contribution in [-0.4, -0.2) is 6.18 Å². The molecule has 0 fully saturated rings. The van der Waals surface area contributed by atoms with Crippen molar-refractivity contribution in [2.24, 2.45) is 5.92 Å². The van der Waals surface area contributed by atoms with Gasteiger partial charge in [0.1, 0.15) is 0 Å². The van der Waals surface area contributed by atoms with Crippen LogP contribution in [0.25, 0.3) is 0 Å². The Morgan fingerprint density at radius 3 is 2.25 bits per heavy atom. The number of halogens is 3. The van der Waals surface area contributed by atoms with Gasteiger partial charge in [-0.2, -0.15) is 13.2 Å². The van der Waals surface area contributed by atoms with Gasteiger partial charge in [0.15, 0.2) is 0 Å². The summed E-state index contributed by atoms with van der Waals surface area (Å²) < 4.78 is 35.9. The Balaban J connectivity index is 4.16. The second kappa shape index (κ2) is 4.53. The minimum absolute atomic E-state index is 0.0247. The lowest BCUT2D eigenvalue weighted by atomic mass is 10.0. The molecule has 0 heterocycles. The molecule has 0 radical (unpaired) electrons. The van der Waals surface area contributed by atoms with Gasteiger partial charge < -0.3 is 0 Å². The molecule has 0 saturated heterocycles. The summed E-state index contributed by atoms with van der Waals surface area (Å²) in [6, 6.07) is 0. The Labute approximate surface area is 71.5 Å². The van der Waals surface area contributed by atoms with Crippen LogP contribution in [0.2, 0.25) is 0 Å². The van der Waals surface area contributed by atoms with Crippen LogP contribution in [-0.2, 0) is 0 Å². The highest BCUT2D eigenvalue weighted by atomic mass is 19.4. The maximum absolute atomic E-state index is 12.0. The second-order valence-electron chi connectivity index (χ2n) is 3.11. The summed E-state index contributed by atoms with van der Waals surface area (Å²) in [7, 11) is 0. The Hall–Kier alpha value is -0.470. The maximum Gasteiger partial charge on any atom is 0.412 e. The van der Waals surface area contributed by atoms with E-state index in [-0.39, 0.29) is 5.92 Å². The summed E-state index contributed by atoms with van der Waals surface area (Å²) in [6.07, 6.45) is -1.12. The number of hydrogen-bond donors (Lipinski definition) is 0. The molecule has 0 aromatic rings. The summed E-state index contributed by atoms with van der Waals surface area (Å²) in [4.78, 5) is 0. The van der Waals surface area contributed by atoms with Crippen LogP contribution in [0.1, 0.15) is 33.6 Å². The third-order valence-corrected chi connectivity index (χ3v) is 1.73. The molecule has 0 aromatic heterocycles. The van der Waals surface area contributed by atoms with Gasteiger partial charge in [0.05, 0.1) is 0 Å². The first-order valence-corrected chi connectivity index (χ1v) is 4.13. The van der Waals surface area contributed by atoms with Crippen LogP contribution in [0.5, 0.6) is 0 Å². The van der Waals surface area contributed by atoms with Crippen LogP contribution in [0.4, 0.5) is 13.2 Å². The van der Waals surface area contributed by atoms with Gasteiger partial charge in [-0.25, -0.2) is 0 Å². The van der Waals surface area contributed by atoms with Crippen molar-refractivity contribution < 1.29 is 13.2 Å². The van der Waals surface area contributed by atoms with Crippen LogP contribution < -0.4 is 0 Å². The molecule has 0 saturated carbocycles. The molecule has 0 aliphatic rings. The fraction of sp³-hybridized carbons (Fsp3) is 0.778. The van der Waals surface area contributed by atoms with E-state index in [9.17, 15) is 13.2 Å². The van der Waals surface area contributed by atoms with Gasteiger partial charge in [-0.15, -0.1) is 0 Å². The Bertz CT molecular complexity index is 156. The molecule has 0 aliphatic heterocycles. The molecule has 12 heavy (non-hydrogen) atoms. The Kier molecular flexibility index (Phi) is 4.35. The normalized spacial score (nSPS) is 16.3.